The quantitative estimate of drug-likeness (QED) is 0.840. The number of carbonyl (C=O) groups excluding carboxylic acids is 1. The first-order chi connectivity index (χ1) is 8.56. The van der Waals surface area contributed by atoms with Gasteiger partial charge in [-0.25, -0.2) is 9.78 Å². The Kier molecular flexibility index (Phi) is 3.38. The van der Waals surface area contributed by atoms with Gasteiger partial charge in [0.2, 0.25) is 0 Å². The lowest BCUT2D eigenvalue weighted by Gasteiger charge is -1.99. The van der Waals surface area contributed by atoms with Gasteiger partial charge in [-0.15, -0.1) is 11.3 Å². The number of nitrogens with zero attached hydrogens (tertiary/aromatic N) is 3. The Balaban J connectivity index is 1.97. The van der Waals surface area contributed by atoms with Gasteiger partial charge in [0.25, 0.3) is 5.91 Å². The highest BCUT2D eigenvalue weighted by Gasteiger charge is 2.14. The van der Waals surface area contributed by atoms with Gasteiger partial charge in [-0.3, -0.25) is 9.48 Å². The fourth-order valence-electron chi connectivity index (χ4n) is 1.28. The van der Waals surface area contributed by atoms with E-state index in [1.165, 1.54) is 5.38 Å². The minimum Gasteiger partial charge on any atom is -0.476 e. The predicted octanol–water partition coefficient (Wildman–Crippen LogP) is 0.505. The topological polar surface area (TPSA) is 97.1 Å². The Bertz CT molecular complexity index is 589. The molecule has 0 fully saturated rings. The van der Waals surface area contributed by atoms with E-state index in [-0.39, 0.29) is 17.2 Å². The second-order valence-corrected chi connectivity index (χ2v) is 4.36. The second-order valence-electron chi connectivity index (χ2n) is 3.51. The van der Waals surface area contributed by atoms with E-state index in [1.54, 1.807) is 24.0 Å². The number of hydrogen-bond donors (Lipinski definition) is 2. The molecule has 0 aromatic carbocycles. The number of nitrogens with one attached hydrogen (secondary N) is 1. The molecule has 8 heteroatoms. The average molecular weight is 266 g/mol. The van der Waals surface area contributed by atoms with Crippen LogP contribution in [0.15, 0.2) is 17.6 Å². The van der Waals surface area contributed by atoms with E-state index >= 15 is 0 Å². The number of aromatic carboxylic acids is 1. The van der Waals surface area contributed by atoms with Crippen molar-refractivity contribution in [3.63, 3.8) is 0 Å². The first-order valence-corrected chi connectivity index (χ1v) is 5.90. The van der Waals surface area contributed by atoms with Gasteiger partial charge in [0.1, 0.15) is 0 Å². The lowest BCUT2D eigenvalue weighted by atomic mass is 10.4. The number of aromatic nitrogens is 3. The van der Waals surface area contributed by atoms with Crippen molar-refractivity contribution in [1.29, 1.82) is 0 Å². The van der Waals surface area contributed by atoms with E-state index in [0.29, 0.717) is 0 Å². The van der Waals surface area contributed by atoms with Crippen molar-refractivity contribution in [3.05, 3.63) is 34.0 Å². The summed E-state index contributed by atoms with van der Waals surface area (Å²) >= 11 is 0.997. The van der Waals surface area contributed by atoms with E-state index in [0.717, 1.165) is 17.0 Å². The number of rotatable bonds is 4. The molecule has 0 aliphatic rings. The third-order valence-electron chi connectivity index (χ3n) is 2.12. The molecule has 2 heterocycles. The maximum Gasteiger partial charge on any atom is 0.355 e. The molecule has 2 aromatic heterocycles. The fraction of sp³-hybridized carbons (Fsp3) is 0.200. The van der Waals surface area contributed by atoms with E-state index in [4.69, 9.17) is 5.11 Å². The van der Waals surface area contributed by atoms with Crippen LogP contribution in [0.4, 0.5) is 0 Å². The van der Waals surface area contributed by atoms with Crippen LogP contribution in [0.1, 0.15) is 26.0 Å². The Hall–Kier alpha value is -2.22. The molecule has 0 bridgehead atoms. The monoisotopic (exact) mass is 266 g/mol. The van der Waals surface area contributed by atoms with Gasteiger partial charge in [-0.05, 0) is 6.07 Å². The van der Waals surface area contributed by atoms with Crippen LogP contribution in [-0.2, 0) is 13.6 Å². The SMILES string of the molecule is Cn1ccc(CNC(=O)c2nc(C(=O)O)cs2)n1. The minimum absolute atomic E-state index is 0.122. The summed E-state index contributed by atoms with van der Waals surface area (Å²) < 4.78 is 1.63. The first-order valence-electron chi connectivity index (χ1n) is 5.02. The largest absolute Gasteiger partial charge is 0.476 e. The summed E-state index contributed by atoms with van der Waals surface area (Å²) in [5.74, 6) is -1.55. The molecule has 0 saturated heterocycles. The van der Waals surface area contributed by atoms with E-state index < -0.39 is 11.9 Å². The number of carboxylic acids is 1. The van der Waals surface area contributed by atoms with Crippen molar-refractivity contribution in [2.24, 2.45) is 7.05 Å². The van der Waals surface area contributed by atoms with Gasteiger partial charge in [-0.2, -0.15) is 5.10 Å². The maximum absolute atomic E-state index is 11.7. The molecule has 2 N–H and O–H groups in total. The average Bonchev–Trinajstić information content (AvgIpc) is 2.94. The lowest BCUT2D eigenvalue weighted by molar-refractivity contribution is 0.0691. The molecule has 0 aliphatic carbocycles. The summed E-state index contributed by atoms with van der Waals surface area (Å²) in [6.07, 6.45) is 1.77. The van der Waals surface area contributed by atoms with E-state index in [1.807, 2.05) is 0 Å². The summed E-state index contributed by atoms with van der Waals surface area (Å²) in [7, 11) is 1.78. The molecule has 1 amide bonds. The molecule has 94 valence electrons. The van der Waals surface area contributed by atoms with Gasteiger partial charge < -0.3 is 10.4 Å². The molecule has 2 rings (SSSR count). The molecule has 0 aliphatic heterocycles. The number of carbonyl (C=O) groups is 2. The molecule has 18 heavy (non-hydrogen) atoms. The summed E-state index contributed by atoms with van der Waals surface area (Å²) in [6, 6.07) is 1.78. The van der Waals surface area contributed by atoms with Crippen LogP contribution in [0.25, 0.3) is 0 Å². The standard InChI is InChI=1S/C10H10N4O3S/c1-14-3-2-6(13-14)4-11-8(15)9-12-7(5-18-9)10(16)17/h2-3,5H,4H2,1H3,(H,11,15)(H,16,17). The zero-order valence-corrected chi connectivity index (χ0v) is 10.3. The van der Waals surface area contributed by atoms with E-state index in [2.05, 4.69) is 15.4 Å². The zero-order valence-electron chi connectivity index (χ0n) is 9.45. The third kappa shape index (κ3) is 2.72. The smallest absolute Gasteiger partial charge is 0.355 e. The Morgan fingerprint density at radius 1 is 1.56 bits per heavy atom. The van der Waals surface area contributed by atoms with Gasteiger partial charge in [0.15, 0.2) is 10.7 Å². The van der Waals surface area contributed by atoms with Crippen LogP contribution in [0, 0.1) is 0 Å². The molecule has 0 unspecified atom stereocenters. The van der Waals surface area contributed by atoms with E-state index in [9.17, 15) is 9.59 Å². The van der Waals surface area contributed by atoms with Crippen molar-refractivity contribution in [1.82, 2.24) is 20.1 Å². The molecular formula is C10H10N4O3S. The van der Waals surface area contributed by atoms with Crippen LogP contribution < -0.4 is 5.32 Å². The lowest BCUT2D eigenvalue weighted by Crippen LogP contribution is -2.23. The van der Waals surface area contributed by atoms with Gasteiger partial charge in [0, 0.05) is 18.6 Å². The molecule has 0 radical (unpaired) electrons. The highest BCUT2D eigenvalue weighted by atomic mass is 32.1. The summed E-state index contributed by atoms with van der Waals surface area (Å²) in [5.41, 5.74) is 0.601. The number of thiazole rings is 1. The van der Waals surface area contributed by atoms with Crippen LogP contribution in [-0.4, -0.2) is 31.7 Å². The Morgan fingerprint density at radius 3 is 2.89 bits per heavy atom. The van der Waals surface area contributed by atoms with Crippen LogP contribution >= 0.6 is 11.3 Å². The van der Waals surface area contributed by atoms with Crippen LogP contribution in [0.2, 0.25) is 0 Å². The molecular weight excluding hydrogens is 256 g/mol. The molecule has 0 saturated carbocycles. The van der Waals surface area contributed by atoms with Crippen molar-refractivity contribution in [3.8, 4) is 0 Å². The molecule has 0 spiro atoms. The number of hydrogen-bond acceptors (Lipinski definition) is 5. The normalized spacial score (nSPS) is 10.3. The number of amides is 1. The Labute approximate surface area is 106 Å². The number of aryl methyl sites for hydroxylation is 1. The minimum atomic E-state index is -1.14. The first kappa shape index (κ1) is 12.2. The van der Waals surface area contributed by atoms with Gasteiger partial charge in [-0.1, -0.05) is 0 Å². The maximum atomic E-state index is 11.7. The van der Waals surface area contributed by atoms with Gasteiger partial charge >= 0.3 is 5.97 Å². The van der Waals surface area contributed by atoms with Crippen molar-refractivity contribution in [2.45, 2.75) is 6.54 Å². The van der Waals surface area contributed by atoms with Crippen LogP contribution in [0.5, 0.6) is 0 Å². The van der Waals surface area contributed by atoms with Crippen molar-refractivity contribution in [2.75, 3.05) is 0 Å². The molecule has 0 atom stereocenters. The summed E-state index contributed by atoms with van der Waals surface area (Å²) in [5, 5.41) is 16.9. The highest BCUT2D eigenvalue weighted by Crippen LogP contribution is 2.09. The third-order valence-corrected chi connectivity index (χ3v) is 2.96. The predicted molar refractivity (Wildman–Crippen MR) is 63.5 cm³/mol. The van der Waals surface area contributed by atoms with Crippen molar-refractivity contribution >= 4 is 23.2 Å². The Morgan fingerprint density at radius 2 is 2.33 bits per heavy atom. The summed E-state index contributed by atoms with van der Waals surface area (Å²) in [6.45, 7) is 0.279. The summed E-state index contributed by atoms with van der Waals surface area (Å²) in [4.78, 5) is 26.0. The highest BCUT2D eigenvalue weighted by molar-refractivity contribution is 7.11. The molecule has 2 aromatic rings. The second kappa shape index (κ2) is 4.96. The van der Waals surface area contributed by atoms with Crippen LogP contribution in [0.3, 0.4) is 0 Å². The fourth-order valence-corrected chi connectivity index (χ4v) is 1.99. The zero-order chi connectivity index (χ0) is 13.1. The van der Waals surface area contributed by atoms with Gasteiger partial charge in [0.05, 0.1) is 12.2 Å². The van der Waals surface area contributed by atoms with Crippen molar-refractivity contribution < 1.29 is 14.7 Å². The number of carboxylic acid groups (broad SMARTS) is 1. The molecule has 7 nitrogen and oxygen atoms in total.